The van der Waals surface area contributed by atoms with Gasteiger partial charge in [0.15, 0.2) is 0 Å². The summed E-state index contributed by atoms with van der Waals surface area (Å²) in [5.74, 6) is 0.824. The number of thiophene rings is 1. The molecular formula is C18H21ClN6OS. The van der Waals surface area contributed by atoms with Crippen LogP contribution in [0.25, 0.3) is 5.95 Å². The number of halogens is 1. The van der Waals surface area contributed by atoms with E-state index >= 15 is 0 Å². The Balaban J connectivity index is 1.79. The minimum Gasteiger partial charge on any atom is -0.358 e. The maximum atomic E-state index is 12.7. The van der Waals surface area contributed by atoms with Crippen LogP contribution in [0.2, 0.25) is 5.15 Å². The highest BCUT2D eigenvalue weighted by molar-refractivity contribution is 7.09. The predicted molar refractivity (Wildman–Crippen MR) is 108 cm³/mol. The third-order valence-electron chi connectivity index (χ3n) is 3.87. The fraction of sp³-hybridized carbons (Fsp3) is 0.333. The lowest BCUT2D eigenvalue weighted by Gasteiger charge is -2.19. The molecule has 0 fully saturated rings. The number of hydrogen-bond donors (Lipinski definition) is 2. The van der Waals surface area contributed by atoms with E-state index in [0.717, 1.165) is 17.7 Å². The van der Waals surface area contributed by atoms with Crippen LogP contribution in [0.5, 0.6) is 0 Å². The summed E-state index contributed by atoms with van der Waals surface area (Å²) in [6.45, 7) is 2.75. The van der Waals surface area contributed by atoms with Crippen LogP contribution in [0.15, 0.2) is 42.3 Å². The molecule has 0 aliphatic rings. The van der Waals surface area contributed by atoms with E-state index in [4.69, 9.17) is 11.6 Å². The lowest BCUT2D eigenvalue weighted by Crippen LogP contribution is -2.41. The topological polar surface area (TPSA) is 84.7 Å². The van der Waals surface area contributed by atoms with Gasteiger partial charge in [-0.3, -0.25) is 9.36 Å². The van der Waals surface area contributed by atoms with Gasteiger partial charge in [0.25, 0.3) is 0 Å². The third kappa shape index (κ3) is 5.51. The molecule has 1 amide bonds. The van der Waals surface area contributed by atoms with Gasteiger partial charge in [0.1, 0.15) is 23.3 Å². The summed E-state index contributed by atoms with van der Waals surface area (Å²) in [4.78, 5) is 26.5. The van der Waals surface area contributed by atoms with Crippen molar-refractivity contribution in [3.05, 3.63) is 52.3 Å². The molecule has 0 aliphatic heterocycles. The van der Waals surface area contributed by atoms with Gasteiger partial charge >= 0.3 is 0 Å². The maximum Gasteiger partial charge on any atom is 0.242 e. The number of amides is 1. The minimum absolute atomic E-state index is 0.0595. The van der Waals surface area contributed by atoms with E-state index < -0.39 is 6.04 Å². The fourth-order valence-electron chi connectivity index (χ4n) is 2.50. The number of aromatic nitrogens is 4. The summed E-state index contributed by atoms with van der Waals surface area (Å²) < 4.78 is 1.66. The van der Waals surface area contributed by atoms with Crippen molar-refractivity contribution in [3.63, 3.8) is 0 Å². The molecule has 3 rings (SSSR count). The van der Waals surface area contributed by atoms with Crippen LogP contribution >= 0.6 is 22.9 Å². The number of anilines is 1. The number of imidazole rings is 1. The molecule has 1 atom stereocenters. The summed E-state index contributed by atoms with van der Waals surface area (Å²) >= 11 is 7.77. The second kappa shape index (κ2) is 9.48. The number of nitrogens with one attached hydrogen (secondary N) is 2. The fourth-order valence-corrected chi connectivity index (χ4v) is 3.43. The monoisotopic (exact) mass is 404 g/mol. The Hall–Kier alpha value is -2.45. The lowest BCUT2D eigenvalue weighted by molar-refractivity contribution is -0.121. The normalized spacial score (nSPS) is 11.9. The van der Waals surface area contributed by atoms with Crippen LogP contribution in [-0.4, -0.2) is 38.0 Å². The largest absolute Gasteiger partial charge is 0.358 e. The number of carbonyl (C=O) groups excluding carboxylic acids is 1. The molecule has 1 unspecified atom stereocenters. The van der Waals surface area contributed by atoms with Crippen molar-refractivity contribution in [2.45, 2.75) is 32.2 Å². The minimum atomic E-state index is -0.456. The second-order valence-corrected chi connectivity index (χ2v) is 7.39. The third-order valence-corrected chi connectivity index (χ3v) is 4.96. The van der Waals surface area contributed by atoms with Gasteiger partial charge in [-0.05, 0) is 17.9 Å². The molecule has 0 radical (unpaired) electrons. The zero-order valence-corrected chi connectivity index (χ0v) is 16.5. The van der Waals surface area contributed by atoms with Crippen LogP contribution in [0.1, 0.15) is 24.6 Å². The predicted octanol–water partition coefficient (Wildman–Crippen LogP) is 3.32. The van der Waals surface area contributed by atoms with Crippen molar-refractivity contribution in [2.24, 2.45) is 0 Å². The van der Waals surface area contributed by atoms with Crippen molar-refractivity contribution in [3.8, 4) is 5.95 Å². The first-order valence-electron chi connectivity index (χ1n) is 8.75. The molecule has 3 heterocycles. The van der Waals surface area contributed by atoms with Gasteiger partial charge in [0.2, 0.25) is 11.9 Å². The average molecular weight is 405 g/mol. The molecule has 0 saturated carbocycles. The number of nitrogens with zero attached hydrogens (tertiary/aromatic N) is 4. The zero-order valence-electron chi connectivity index (χ0n) is 14.9. The molecule has 0 bridgehead atoms. The Morgan fingerprint density at radius 2 is 2.30 bits per heavy atom. The summed E-state index contributed by atoms with van der Waals surface area (Å²) in [6, 6.07) is 5.15. The van der Waals surface area contributed by atoms with E-state index in [1.54, 1.807) is 40.7 Å². The van der Waals surface area contributed by atoms with Crippen LogP contribution in [-0.2, 0) is 11.2 Å². The highest BCUT2D eigenvalue weighted by Gasteiger charge is 2.20. The smallest absolute Gasteiger partial charge is 0.242 e. The molecule has 27 heavy (non-hydrogen) atoms. The van der Waals surface area contributed by atoms with Crippen molar-refractivity contribution >= 4 is 34.7 Å². The molecule has 2 N–H and O–H groups in total. The Labute approximate surface area is 166 Å². The molecular weight excluding hydrogens is 384 g/mol. The van der Waals surface area contributed by atoms with Gasteiger partial charge in [-0.15, -0.1) is 11.3 Å². The molecule has 0 saturated heterocycles. The van der Waals surface area contributed by atoms with E-state index in [0.29, 0.717) is 24.7 Å². The number of carbonyl (C=O) groups is 1. The Morgan fingerprint density at radius 1 is 1.41 bits per heavy atom. The van der Waals surface area contributed by atoms with E-state index in [9.17, 15) is 4.79 Å². The molecule has 0 aliphatic carbocycles. The molecule has 7 nitrogen and oxygen atoms in total. The van der Waals surface area contributed by atoms with Crippen LogP contribution in [0, 0.1) is 0 Å². The van der Waals surface area contributed by atoms with Gasteiger partial charge < -0.3 is 10.6 Å². The van der Waals surface area contributed by atoms with E-state index in [1.807, 2.05) is 17.5 Å². The van der Waals surface area contributed by atoms with Gasteiger partial charge in [-0.2, -0.15) is 4.98 Å². The van der Waals surface area contributed by atoms with Gasteiger partial charge in [-0.25, -0.2) is 9.97 Å². The van der Waals surface area contributed by atoms with Crippen LogP contribution in [0.4, 0.5) is 5.82 Å². The molecule has 0 spiro atoms. The van der Waals surface area contributed by atoms with E-state index in [-0.39, 0.29) is 11.1 Å². The van der Waals surface area contributed by atoms with Crippen LogP contribution < -0.4 is 10.6 Å². The Morgan fingerprint density at radius 3 is 3.00 bits per heavy atom. The first-order valence-corrected chi connectivity index (χ1v) is 10.0. The van der Waals surface area contributed by atoms with Crippen LogP contribution in [0.3, 0.4) is 0 Å². The molecule has 0 aromatic carbocycles. The zero-order chi connectivity index (χ0) is 19.1. The van der Waals surface area contributed by atoms with Crippen molar-refractivity contribution in [1.29, 1.82) is 0 Å². The first-order chi connectivity index (χ1) is 13.2. The van der Waals surface area contributed by atoms with Gasteiger partial charge in [0.05, 0.1) is 0 Å². The first kappa shape index (κ1) is 19.3. The molecule has 3 aromatic rings. The highest BCUT2D eigenvalue weighted by Crippen LogP contribution is 2.18. The lowest BCUT2D eigenvalue weighted by atomic mass is 10.1. The number of rotatable bonds is 9. The Bertz CT molecular complexity index is 853. The summed E-state index contributed by atoms with van der Waals surface area (Å²) in [5.41, 5.74) is 0. The highest BCUT2D eigenvalue weighted by atomic mass is 35.5. The second-order valence-electron chi connectivity index (χ2n) is 5.97. The summed E-state index contributed by atoms with van der Waals surface area (Å²) in [5, 5.41) is 8.49. The Kier molecular flexibility index (Phi) is 6.78. The standard InChI is InChI=1S/C18H21ClN6OS/c1-2-3-6-21-17(26)14(10-13-5-4-9-27-13)22-16-11-15(19)23-18(24-16)25-8-7-20-12-25/h4-5,7-9,11-12,14H,2-3,6,10H2,1H3,(H,21,26)(H,22,23,24). The van der Waals surface area contributed by atoms with Crippen molar-refractivity contribution < 1.29 is 4.79 Å². The van der Waals surface area contributed by atoms with E-state index in [2.05, 4.69) is 32.5 Å². The number of hydrogen-bond acceptors (Lipinski definition) is 6. The molecule has 142 valence electrons. The van der Waals surface area contributed by atoms with Crippen molar-refractivity contribution in [2.75, 3.05) is 11.9 Å². The molecule has 9 heteroatoms. The SMILES string of the molecule is CCCCNC(=O)C(Cc1cccs1)Nc1cc(Cl)nc(-n2ccnc2)n1. The maximum absolute atomic E-state index is 12.7. The quantitative estimate of drug-likeness (QED) is 0.422. The van der Waals surface area contributed by atoms with Gasteiger partial charge in [0, 0.05) is 36.3 Å². The van der Waals surface area contributed by atoms with E-state index in [1.165, 1.54) is 0 Å². The number of unbranched alkanes of at least 4 members (excludes halogenated alkanes) is 1. The summed E-state index contributed by atoms with van der Waals surface area (Å²) in [6.07, 6.45) is 7.50. The molecule has 3 aromatic heterocycles. The summed E-state index contributed by atoms with van der Waals surface area (Å²) in [7, 11) is 0. The van der Waals surface area contributed by atoms with Gasteiger partial charge in [-0.1, -0.05) is 31.0 Å². The average Bonchev–Trinajstić information content (AvgIpc) is 3.35. The van der Waals surface area contributed by atoms with Crippen molar-refractivity contribution in [1.82, 2.24) is 24.8 Å².